The van der Waals surface area contributed by atoms with E-state index in [4.69, 9.17) is 4.74 Å². The van der Waals surface area contributed by atoms with E-state index in [1.165, 1.54) is 0 Å². The third kappa shape index (κ3) is 6.85. The summed E-state index contributed by atoms with van der Waals surface area (Å²) in [6.07, 6.45) is 7.03. The normalized spacial score (nSPS) is 11.1. The molecule has 0 spiro atoms. The first kappa shape index (κ1) is 26.5. The fourth-order valence-electron chi connectivity index (χ4n) is 3.84. The summed E-state index contributed by atoms with van der Waals surface area (Å²) in [5.74, 6) is 0.508. The van der Waals surface area contributed by atoms with Crippen LogP contribution in [0.15, 0.2) is 47.5 Å². The molecular weight excluding hydrogens is 440 g/mol. The Morgan fingerprint density at radius 3 is 2.58 bits per heavy atom. The highest BCUT2D eigenvalue weighted by Crippen LogP contribution is 2.24. The highest BCUT2D eigenvalue weighted by atomic mass is 35.5. The van der Waals surface area contributed by atoms with Crippen molar-refractivity contribution in [3.8, 4) is 17.0 Å². The van der Waals surface area contributed by atoms with Gasteiger partial charge in [-0.2, -0.15) is 0 Å². The van der Waals surface area contributed by atoms with Crippen LogP contribution in [0.5, 0.6) is 5.75 Å². The fourth-order valence-corrected chi connectivity index (χ4v) is 3.84. The molecule has 0 saturated heterocycles. The standard InChI is InChI=1S/C25H34N4O3.ClH/c1-18(2)26-24(30)17-29-23(20-10-8-11-21(14-20)32-5)16-28-15-19(13-22(28)25(29)31)9-6-7-12-27(3)4;/h8,10-11,13-16,18H,6-7,9,12,17H2,1-5H3,(H,26,30);1H. The first-order valence-electron chi connectivity index (χ1n) is 11.1. The smallest absolute Gasteiger partial charge is 0.275 e. The van der Waals surface area contributed by atoms with Gasteiger partial charge in [0.25, 0.3) is 5.56 Å². The molecule has 2 heterocycles. The summed E-state index contributed by atoms with van der Waals surface area (Å²) >= 11 is 0. The van der Waals surface area contributed by atoms with Crippen molar-refractivity contribution in [3.63, 3.8) is 0 Å². The van der Waals surface area contributed by atoms with Gasteiger partial charge in [0.15, 0.2) is 0 Å². The van der Waals surface area contributed by atoms with Crippen molar-refractivity contribution in [1.29, 1.82) is 0 Å². The Bertz CT molecular complexity index is 1130. The molecule has 0 atom stereocenters. The lowest BCUT2D eigenvalue weighted by atomic mass is 10.1. The number of nitrogens with zero attached hydrogens (tertiary/aromatic N) is 3. The summed E-state index contributed by atoms with van der Waals surface area (Å²) in [7, 11) is 5.76. The Balaban J connectivity index is 0.00000385. The van der Waals surface area contributed by atoms with Crippen molar-refractivity contribution in [2.75, 3.05) is 27.7 Å². The highest BCUT2D eigenvalue weighted by Gasteiger charge is 2.16. The minimum Gasteiger partial charge on any atom is -0.497 e. The second-order valence-electron chi connectivity index (χ2n) is 8.76. The van der Waals surface area contributed by atoms with Crippen LogP contribution in [0, 0.1) is 0 Å². The Morgan fingerprint density at radius 1 is 1.15 bits per heavy atom. The summed E-state index contributed by atoms with van der Waals surface area (Å²) in [4.78, 5) is 28.2. The minimum atomic E-state index is -0.189. The molecule has 0 aliphatic rings. The molecule has 3 rings (SSSR count). The molecule has 1 amide bonds. The monoisotopic (exact) mass is 474 g/mol. The number of ether oxygens (including phenoxy) is 1. The first-order chi connectivity index (χ1) is 15.3. The van der Waals surface area contributed by atoms with Crippen LogP contribution in [-0.2, 0) is 17.8 Å². The van der Waals surface area contributed by atoms with E-state index in [9.17, 15) is 9.59 Å². The zero-order valence-corrected chi connectivity index (χ0v) is 20.9. The van der Waals surface area contributed by atoms with Crippen molar-refractivity contribution in [2.45, 2.75) is 45.7 Å². The average molecular weight is 475 g/mol. The molecule has 0 fully saturated rings. The predicted octanol–water partition coefficient (Wildman–Crippen LogP) is 3.61. The molecule has 0 unspecified atom stereocenters. The third-order valence-corrected chi connectivity index (χ3v) is 5.36. The minimum absolute atomic E-state index is 0. The lowest BCUT2D eigenvalue weighted by molar-refractivity contribution is -0.122. The largest absolute Gasteiger partial charge is 0.497 e. The van der Waals surface area contributed by atoms with E-state index in [-0.39, 0.29) is 36.5 Å². The van der Waals surface area contributed by atoms with Gasteiger partial charge in [-0.05, 0) is 77.5 Å². The molecule has 0 bridgehead atoms. The molecule has 0 radical (unpaired) electrons. The maximum Gasteiger partial charge on any atom is 0.275 e. The number of carbonyl (C=O) groups is 1. The molecular formula is C25H35ClN4O3. The Morgan fingerprint density at radius 2 is 1.91 bits per heavy atom. The summed E-state index contributed by atoms with van der Waals surface area (Å²) in [6, 6.07) is 9.49. The Kier molecular flexibility index (Phi) is 9.56. The summed E-state index contributed by atoms with van der Waals surface area (Å²) in [6.45, 7) is 4.82. The summed E-state index contributed by atoms with van der Waals surface area (Å²) in [5, 5.41) is 2.88. The van der Waals surface area contributed by atoms with Gasteiger partial charge in [-0.25, -0.2) is 0 Å². The quantitative estimate of drug-likeness (QED) is 0.456. The van der Waals surface area contributed by atoms with E-state index < -0.39 is 0 Å². The van der Waals surface area contributed by atoms with Crippen LogP contribution in [0.1, 0.15) is 32.3 Å². The summed E-state index contributed by atoms with van der Waals surface area (Å²) in [5.41, 5.74) is 3.03. The SMILES string of the molecule is COc1cccc(-c2cn3cc(CCCCN(C)C)cc3c(=O)n2CC(=O)NC(C)C)c1.Cl. The van der Waals surface area contributed by atoms with E-state index in [0.717, 1.165) is 36.9 Å². The van der Waals surface area contributed by atoms with Gasteiger partial charge in [-0.3, -0.25) is 14.2 Å². The number of benzene rings is 1. The maximum atomic E-state index is 13.5. The number of rotatable bonds is 10. The number of halogens is 1. The number of hydrogen-bond acceptors (Lipinski definition) is 4. The highest BCUT2D eigenvalue weighted by molar-refractivity contribution is 5.85. The molecule has 1 aromatic carbocycles. The molecule has 8 heteroatoms. The van der Waals surface area contributed by atoms with Crippen LogP contribution in [0.2, 0.25) is 0 Å². The molecule has 1 N–H and O–H groups in total. The number of unbranched alkanes of at least 4 members (excludes halogenated alkanes) is 1. The number of carbonyl (C=O) groups excluding carboxylic acids is 1. The maximum absolute atomic E-state index is 13.5. The van der Waals surface area contributed by atoms with Gasteiger partial charge in [-0.1, -0.05) is 12.1 Å². The fraction of sp³-hybridized carbons (Fsp3) is 0.440. The van der Waals surface area contributed by atoms with Crippen molar-refractivity contribution >= 4 is 23.8 Å². The van der Waals surface area contributed by atoms with E-state index >= 15 is 0 Å². The Hall–Kier alpha value is -2.77. The molecule has 3 aromatic rings. The van der Waals surface area contributed by atoms with Crippen LogP contribution >= 0.6 is 12.4 Å². The number of aromatic nitrogens is 2. The van der Waals surface area contributed by atoms with E-state index in [2.05, 4.69) is 24.3 Å². The second kappa shape index (κ2) is 11.9. The number of amides is 1. The van der Waals surface area contributed by atoms with Gasteiger partial charge in [0.05, 0.1) is 12.8 Å². The van der Waals surface area contributed by atoms with E-state index in [0.29, 0.717) is 17.0 Å². The van der Waals surface area contributed by atoms with Gasteiger partial charge < -0.3 is 19.4 Å². The lowest BCUT2D eigenvalue weighted by Crippen LogP contribution is -2.36. The molecule has 0 aliphatic carbocycles. The number of aryl methyl sites for hydroxylation is 1. The van der Waals surface area contributed by atoms with Gasteiger partial charge in [0.2, 0.25) is 5.91 Å². The van der Waals surface area contributed by atoms with Crippen LogP contribution < -0.4 is 15.6 Å². The van der Waals surface area contributed by atoms with Crippen molar-refractivity contribution in [3.05, 3.63) is 58.6 Å². The molecule has 2 aromatic heterocycles. The molecule has 0 aliphatic heterocycles. The zero-order chi connectivity index (χ0) is 23.3. The van der Waals surface area contributed by atoms with Crippen LogP contribution in [0.4, 0.5) is 0 Å². The zero-order valence-electron chi connectivity index (χ0n) is 20.1. The van der Waals surface area contributed by atoms with Gasteiger partial charge >= 0.3 is 0 Å². The number of nitrogens with one attached hydrogen (secondary N) is 1. The molecule has 180 valence electrons. The molecule has 33 heavy (non-hydrogen) atoms. The number of methoxy groups -OCH3 is 1. The van der Waals surface area contributed by atoms with Crippen LogP contribution in [0.3, 0.4) is 0 Å². The summed E-state index contributed by atoms with van der Waals surface area (Å²) < 4.78 is 8.80. The van der Waals surface area contributed by atoms with Crippen molar-refractivity contribution in [2.24, 2.45) is 0 Å². The third-order valence-electron chi connectivity index (χ3n) is 5.36. The lowest BCUT2D eigenvalue weighted by Gasteiger charge is -2.16. The average Bonchev–Trinajstić information content (AvgIpc) is 3.15. The number of hydrogen-bond donors (Lipinski definition) is 1. The Labute approximate surface area is 201 Å². The van der Waals surface area contributed by atoms with Gasteiger partial charge in [-0.15, -0.1) is 12.4 Å². The topological polar surface area (TPSA) is 68.0 Å². The molecule has 7 nitrogen and oxygen atoms in total. The van der Waals surface area contributed by atoms with Crippen molar-refractivity contribution in [1.82, 2.24) is 19.2 Å². The van der Waals surface area contributed by atoms with Crippen molar-refractivity contribution < 1.29 is 9.53 Å². The van der Waals surface area contributed by atoms with E-state index in [1.54, 1.807) is 11.7 Å². The van der Waals surface area contributed by atoms with Crippen LogP contribution in [-0.4, -0.2) is 53.6 Å². The number of fused-ring (bicyclic) bond motifs is 1. The van der Waals surface area contributed by atoms with Gasteiger partial charge in [0, 0.05) is 24.0 Å². The second-order valence-corrected chi connectivity index (χ2v) is 8.76. The first-order valence-corrected chi connectivity index (χ1v) is 11.1. The van der Waals surface area contributed by atoms with E-state index in [1.807, 2.05) is 61.0 Å². The van der Waals surface area contributed by atoms with Crippen LogP contribution in [0.25, 0.3) is 16.8 Å². The molecule has 0 saturated carbocycles. The predicted molar refractivity (Wildman–Crippen MR) is 136 cm³/mol. The van der Waals surface area contributed by atoms with Gasteiger partial charge in [0.1, 0.15) is 17.8 Å².